The summed E-state index contributed by atoms with van der Waals surface area (Å²) in [4.78, 5) is 17.4. The Kier molecular flexibility index (Phi) is 6.06. The molecule has 6 nitrogen and oxygen atoms in total. The van der Waals surface area contributed by atoms with Crippen molar-refractivity contribution >= 4 is 39.1 Å². The fourth-order valence-electron chi connectivity index (χ4n) is 2.95. The number of aryl methyl sites for hydroxylation is 1. The molecule has 8 heteroatoms. The Bertz CT molecular complexity index is 1240. The number of hydrogen-bond donors (Lipinski definition) is 1. The molecule has 1 N–H and O–H groups in total. The van der Waals surface area contributed by atoms with Crippen molar-refractivity contribution in [2.45, 2.75) is 6.92 Å². The maximum Gasteiger partial charge on any atom is 0.295 e. The van der Waals surface area contributed by atoms with Gasteiger partial charge in [0, 0.05) is 20.7 Å². The number of ether oxygens (including phenoxy) is 1. The Labute approximate surface area is 193 Å². The third kappa shape index (κ3) is 4.62. The van der Waals surface area contributed by atoms with Crippen LogP contribution in [0.1, 0.15) is 16.2 Å². The molecule has 31 heavy (non-hydrogen) atoms. The van der Waals surface area contributed by atoms with Gasteiger partial charge in [-0.3, -0.25) is 4.79 Å². The van der Waals surface area contributed by atoms with Crippen LogP contribution in [0.3, 0.4) is 0 Å². The van der Waals surface area contributed by atoms with Crippen molar-refractivity contribution in [3.8, 4) is 22.8 Å². The van der Waals surface area contributed by atoms with Crippen LogP contribution in [-0.4, -0.2) is 27.8 Å². The molecular weight excluding hydrogens is 480 g/mol. The first kappa shape index (κ1) is 21.1. The highest BCUT2D eigenvalue weighted by molar-refractivity contribution is 9.10. The minimum atomic E-state index is -0.416. The Balaban J connectivity index is 1.73. The van der Waals surface area contributed by atoms with Crippen molar-refractivity contribution in [2.75, 3.05) is 12.4 Å². The molecule has 0 spiro atoms. The van der Waals surface area contributed by atoms with Gasteiger partial charge in [0.1, 0.15) is 5.75 Å². The van der Waals surface area contributed by atoms with Gasteiger partial charge in [-0.2, -0.15) is 0 Å². The lowest BCUT2D eigenvalue weighted by Crippen LogP contribution is -2.14. The molecule has 4 rings (SSSR count). The van der Waals surface area contributed by atoms with Crippen molar-refractivity contribution in [3.63, 3.8) is 0 Å². The highest BCUT2D eigenvalue weighted by atomic mass is 79.9. The maximum atomic E-state index is 12.9. The quantitative estimate of drug-likeness (QED) is 0.372. The van der Waals surface area contributed by atoms with E-state index in [4.69, 9.17) is 16.3 Å². The number of aromatic nitrogens is 3. The summed E-state index contributed by atoms with van der Waals surface area (Å²) in [5.41, 5.74) is 3.10. The molecule has 0 saturated carbocycles. The molecule has 1 amide bonds. The number of amides is 1. The number of hydrogen-bond acceptors (Lipinski definition) is 4. The minimum Gasteiger partial charge on any atom is -0.497 e. The SMILES string of the molecule is COc1ccc(NC(=O)c2nc(-c3ccc(Br)cc3)n(-c3ccc(C)c(Cl)c3)n2)cc1. The summed E-state index contributed by atoms with van der Waals surface area (Å²) in [6.45, 7) is 1.93. The summed E-state index contributed by atoms with van der Waals surface area (Å²) < 4.78 is 7.71. The van der Waals surface area contributed by atoms with Gasteiger partial charge in [0.15, 0.2) is 5.82 Å². The predicted octanol–water partition coefficient (Wildman–Crippen LogP) is 5.92. The van der Waals surface area contributed by atoms with Gasteiger partial charge in [0.25, 0.3) is 5.91 Å². The molecule has 0 aliphatic carbocycles. The average Bonchev–Trinajstić information content (AvgIpc) is 3.22. The number of anilines is 1. The van der Waals surface area contributed by atoms with E-state index in [2.05, 4.69) is 31.3 Å². The van der Waals surface area contributed by atoms with E-state index in [-0.39, 0.29) is 5.82 Å². The number of carbonyl (C=O) groups is 1. The Hall–Kier alpha value is -3.16. The van der Waals surface area contributed by atoms with Gasteiger partial charge in [-0.05, 0) is 61.0 Å². The van der Waals surface area contributed by atoms with Crippen LogP contribution in [0.2, 0.25) is 5.02 Å². The lowest BCUT2D eigenvalue weighted by Gasteiger charge is -2.07. The second-order valence-electron chi connectivity index (χ2n) is 6.79. The lowest BCUT2D eigenvalue weighted by atomic mass is 10.2. The normalized spacial score (nSPS) is 10.7. The zero-order chi connectivity index (χ0) is 22.0. The summed E-state index contributed by atoms with van der Waals surface area (Å²) in [6.07, 6.45) is 0. The number of carbonyl (C=O) groups excluding carboxylic acids is 1. The van der Waals surface area contributed by atoms with E-state index in [1.54, 1.807) is 42.1 Å². The van der Waals surface area contributed by atoms with Crippen molar-refractivity contribution in [2.24, 2.45) is 0 Å². The van der Waals surface area contributed by atoms with Crippen LogP contribution in [0.4, 0.5) is 5.69 Å². The average molecular weight is 498 g/mol. The van der Waals surface area contributed by atoms with Crippen LogP contribution in [-0.2, 0) is 0 Å². The van der Waals surface area contributed by atoms with Gasteiger partial charge in [-0.1, -0.05) is 45.7 Å². The predicted molar refractivity (Wildman–Crippen MR) is 125 cm³/mol. The molecule has 0 aliphatic heterocycles. The first-order chi connectivity index (χ1) is 14.9. The largest absolute Gasteiger partial charge is 0.497 e. The molecule has 0 unspecified atom stereocenters. The summed E-state index contributed by atoms with van der Waals surface area (Å²) in [5, 5.41) is 7.90. The smallest absolute Gasteiger partial charge is 0.295 e. The second kappa shape index (κ2) is 8.91. The van der Waals surface area contributed by atoms with Crippen LogP contribution in [0.25, 0.3) is 17.1 Å². The molecule has 1 aromatic heterocycles. The van der Waals surface area contributed by atoms with Crippen molar-refractivity contribution in [1.29, 1.82) is 0 Å². The van der Waals surface area contributed by atoms with E-state index in [0.29, 0.717) is 28.0 Å². The first-order valence-corrected chi connectivity index (χ1v) is 10.6. The minimum absolute atomic E-state index is 0.0467. The maximum absolute atomic E-state index is 12.9. The molecule has 0 atom stereocenters. The number of rotatable bonds is 5. The van der Waals surface area contributed by atoms with E-state index < -0.39 is 5.91 Å². The fraction of sp³-hybridized carbons (Fsp3) is 0.0870. The standard InChI is InChI=1S/C23H18BrClN4O2/c1-14-3-10-18(13-20(14)25)29-22(15-4-6-16(24)7-5-15)27-21(28-29)23(30)26-17-8-11-19(31-2)12-9-17/h3-13H,1-2H3,(H,26,30). The number of nitrogens with zero attached hydrogens (tertiary/aromatic N) is 3. The van der Waals surface area contributed by atoms with Gasteiger partial charge >= 0.3 is 0 Å². The summed E-state index contributed by atoms with van der Waals surface area (Å²) in [7, 11) is 1.59. The van der Waals surface area contributed by atoms with E-state index in [9.17, 15) is 4.79 Å². The van der Waals surface area contributed by atoms with Gasteiger partial charge < -0.3 is 10.1 Å². The molecule has 3 aromatic carbocycles. The summed E-state index contributed by atoms with van der Waals surface area (Å²) in [6, 6.07) is 20.3. The Morgan fingerprint density at radius 2 is 1.77 bits per heavy atom. The molecule has 0 radical (unpaired) electrons. The van der Waals surface area contributed by atoms with E-state index >= 15 is 0 Å². The Morgan fingerprint density at radius 3 is 2.42 bits per heavy atom. The molecule has 0 aliphatic rings. The first-order valence-electron chi connectivity index (χ1n) is 9.39. The summed E-state index contributed by atoms with van der Waals surface area (Å²) >= 11 is 9.77. The van der Waals surface area contributed by atoms with Crippen LogP contribution >= 0.6 is 27.5 Å². The van der Waals surface area contributed by atoms with Gasteiger partial charge in [-0.25, -0.2) is 9.67 Å². The van der Waals surface area contributed by atoms with Crippen LogP contribution < -0.4 is 10.1 Å². The van der Waals surface area contributed by atoms with Crippen molar-refractivity contribution in [3.05, 3.63) is 87.6 Å². The van der Waals surface area contributed by atoms with E-state index in [1.807, 2.05) is 43.3 Å². The molecule has 0 saturated heterocycles. The molecule has 1 heterocycles. The van der Waals surface area contributed by atoms with Crippen LogP contribution in [0.5, 0.6) is 5.75 Å². The number of halogens is 2. The lowest BCUT2D eigenvalue weighted by molar-refractivity contribution is 0.101. The number of benzene rings is 3. The zero-order valence-corrected chi connectivity index (χ0v) is 19.1. The summed E-state index contributed by atoms with van der Waals surface area (Å²) in [5.74, 6) is 0.868. The van der Waals surface area contributed by atoms with Gasteiger partial charge in [-0.15, -0.1) is 5.10 Å². The van der Waals surface area contributed by atoms with Crippen LogP contribution in [0, 0.1) is 6.92 Å². The molecular formula is C23H18BrClN4O2. The number of nitrogens with one attached hydrogen (secondary N) is 1. The van der Waals surface area contributed by atoms with E-state index in [1.165, 1.54) is 0 Å². The third-order valence-corrected chi connectivity index (χ3v) is 5.60. The fourth-order valence-corrected chi connectivity index (χ4v) is 3.39. The number of methoxy groups -OCH3 is 1. The van der Waals surface area contributed by atoms with Gasteiger partial charge in [0.05, 0.1) is 12.8 Å². The monoisotopic (exact) mass is 496 g/mol. The highest BCUT2D eigenvalue weighted by Gasteiger charge is 2.19. The molecule has 156 valence electrons. The zero-order valence-electron chi connectivity index (χ0n) is 16.8. The second-order valence-corrected chi connectivity index (χ2v) is 8.12. The molecule has 0 bridgehead atoms. The van der Waals surface area contributed by atoms with E-state index in [0.717, 1.165) is 15.6 Å². The van der Waals surface area contributed by atoms with Crippen molar-refractivity contribution < 1.29 is 9.53 Å². The molecule has 0 fully saturated rings. The highest BCUT2D eigenvalue weighted by Crippen LogP contribution is 2.26. The van der Waals surface area contributed by atoms with Gasteiger partial charge in [0.2, 0.25) is 5.82 Å². The Morgan fingerprint density at radius 1 is 1.06 bits per heavy atom. The molecule has 4 aromatic rings. The topological polar surface area (TPSA) is 69.0 Å². The van der Waals surface area contributed by atoms with Crippen LogP contribution in [0.15, 0.2) is 71.2 Å². The third-order valence-electron chi connectivity index (χ3n) is 4.66. The van der Waals surface area contributed by atoms with Crippen molar-refractivity contribution in [1.82, 2.24) is 14.8 Å².